The first-order valence-corrected chi connectivity index (χ1v) is 8.02. The number of anilines is 3. The van der Waals surface area contributed by atoms with E-state index < -0.39 is 0 Å². The lowest BCUT2D eigenvalue weighted by molar-refractivity contribution is 0.0980. The average Bonchev–Trinajstić information content (AvgIpc) is 2.60. The molecule has 130 valence electrons. The molecule has 1 aliphatic rings. The van der Waals surface area contributed by atoms with Gasteiger partial charge in [0.2, 0.25) is 0 Å². The normalized spacial score (nSPS) is 12.6. The molecule has 0 atom stereocenters. The molecular weight excluding hydrogens is 318 g/mol. The van der Waals surface area contributed by atoms with Crippen LogP contribution in [0, 0.1) is 0 Å². The van der Waals surface area contributed by atoms with Crippen LogP contribution in [-0.2, 0) is 4.74 Å². The molecule has 0 fully saturated rings. The van der Waals surface area contributed by atoms with Gasteiger partial charge in [-0.2, -0.15) is 0 Å². The van der Waals surface area contributed by atoms with Crippen molar-refractivity contribution in [2.45, 2.75) is 0 Å². The van der Waals surface area contributed by atoms with E-state index in [4.69, 9.17) is 10.5 Å². The molecule has 0 radical (unpaired) electrons. The Morgan fingerprint density at radius 2 is 1.68 bits per heavy atom. The third-order valence-corrected chi connectivity index (χ3v) is 4.32. The molecule has 0 bridgehead atoms. The molecule has 3 N–H and O–H groups in total. The van der Waals surface area contributed by atoms with Crippen LogP contribution in [0.5, 0.6) is 0 Å². The Kier molecular flexibility index (Phi) is 4.46. The van der Waals surface area contributed by atoms with E-state index in [0.29, 0.717) is 46.9 Å². The fraction of sp³-hybridized carbons (Fsp3) is 0.263. The number of carbonyl (C=O) groups is 2. The number of hydrogen-bond donors (Lipinski definition) is 2. The van der Waals surface area contributed by atoms with Crippen LogP contribution >= 0.6 is 0 Å². The Balaban J connectivity index is 2.24. The molecule has 6 heteroatoms. The fourth-order valence-corrected chi connectivity index (χ4v) is 3.10. The van der Waals surface area contributed by atoms with Gasteiger partial charge in [-0.25, -0.2) is 0 Å². The number of nitrogen functional groups attached to an aromatic ring is 1. The largest absolute Gasteiger partial charge is 0.396 e. The topological polar surface area (TPSA) is 84.7 Å². The molecule has 2 aromatic rings. The van der Waals surface area contributed by atoms with Gasteiger partial charge in [-0.15, -0.1) is 0 Å². The van der Waals surface area contributed by atoms with Gasteiger partial charge in [-0.05, 0) is 6.07 Å². The predicted octanol–water partition coefficient (Wildman–Crippen LogP) is 2.17. The van der Waals surface area contributed by atoms with Crippen molar-refractivity contribution in [2.75, 3.05) is 50.3 Å². The van der Waals surface area contributed by atoms with E-state index in [-0.39, 0.29) is 17.1 Å². The van der Waals surface area contributed by atoms with Crippen molar-refractivity contribution in [2.24, 2.45) is 0 Å². The van der Waals surface area contributed by atoms with Crippen molar-refractivity contribution < 1.29 is 14.3 Å². The molecule has 0 heterocycles. The van der Waals surface area contributed by atoms with Crippen LogP contribution in [0.1, 0.15) is 31.8 Å². The van der Waals surface area contributed by atoms with Crippen LogP contribution in [0.3, 0.4) is 0 Å². The fourth-order valence-electron chi connectivity index (χ4n) is 3.10. The summed E-state index contributed by atoms with van der Waals surface area (Å²) in [6.45, 7) is 0.998. The van der Waals surface area contributed by atoms with Crippen molar-refractivity contribution in [1.29, 1.82) is 0 Å². The van der Waals surface area contributed by atoms with Crippen LogP contribution in [0.4, 0.5) is 17.1 Å². The van der Waals surface area contributed by atoms with Crippen molar-refractivity contribution >= 4 is 28.6 Å². The van der Waals surface area contributed by atoms with Crippen LogP contribution < -0.4 is 16.0 Å². The number of fused-ring (bicyclic) bond motifs is 2. The molecule has 0 aliphatic heterocycles. The highest BCUT2D eigenvalue weighted by molar-refractivity contribution is 6.32. The number of benzene rings is 2. The smallest absolute Gasteiger partial charge is 0.196 e. The zero-order chi connectivity index (χ0) is 18.1. The Morgan fingerprint density at radius 3 is 2.24 bits per heavy atom. The third kappa shape index (κ3) is 2.74. The minimum absolute atomic E-state index is 0.192. The first-order chi connectivity index (χ1) is 12.0. The van der Waals surface area contributed by atoms with E-state index in [0.717, 1.165) is 0 Å². The van der Waals surface area contributed by atoms with Crippen LogP contribution in [-0.4, -0.2) is 45.9 Å². The maximum Gasteiger partial charge on any atom is 0.196 e. The van der Waals surface area contributed by atoms with Crippen molar-refractivity contribution in [3.05, 3.63) is 52.6 Å². The van der Waals surface area contributed by atoms with Gasteiger partial charge >= 0.3 is 0 Å². The van der Waals surface area contributed by atoms with Gasteiger partial charge in [-0.3, -0.25) is 9.59 Å². The Labute approximate surface area is 146 Å². The Morgan fingerprint density at radius 1 is 1.08 bits per heavy atom. The SMILES string of the molecule is COCCNc1cc(N(C)C)c(N)c2c1C(=O)c1ccccc1C2=O. The van der Waals surface area contributed by atoms with Crippen LogP contribution in [0.25, 0.3) is 0 Å². The number of ketones is 2. The first kappa shape index (κ1) is 17.0. The molecule has 3 rings (SSSR count). The van der Waals surface area contributed by atoms with Gasteiger partial charge in [-0.1, -0.05) is 24.3 Å². The molecule has 25 heavy (non-hydrogen) atoms. The van der Waals surface area contributed by atoms with Crippen LogP contribution in [0.2, 0.25) is 0 Å². The molecule has 6 nitrogen and oxygen atoms in total. The van der Waals surface area contributed by atoms with E-state index in [1.165, 1.54) is 0 Å². The van der Waals surface area contributed by atoms with Crippen molar-refractivity contribution in [3.8, 4) is 0 Å². The standard InChI is InChI=1S/C19H21N3O3/c1-22(2)14-10-13(21-8-9-25-3)15-16(17(14)20)19(24)12-7-5-4-6-11(12)18(15)23/h4-7,10,21H,8-9,20H2,1-3H3. The maximum atomic E-state index is 13.0. The number of methoxy groups -OCH3 is 1. The van der Waals surface area contributed by atoms with E-state index in [1.54, 1.807) is 31.4 Å². The van der Waals surface area contributed by atoms with E-state index in [1.807, 2.05) is 25.1 Å². The number of nitrogens with zero attached hydrogens (tertiary/aromatic N) is 1. The van der Waals surface area contributed by atoms with Gasteiger partial charge in [0, 0.05) is 44.6 Å². The molecule has 0 saturated heterocycles. The molecule has 1 aliphatic carbocycles. The average molecular weight is 339 g/mol. The number of hydrogen-bond acceptors (Lipinski definition) is 6. The minimum atomic E-state index is -0.221. The molecule has 0 aromatic heterocycles. The molecule has 0 amide bonds. The summed E-state index contributed by atoms with van der Waals surface area (Å²) < 4.78 is 5.06. The molecule has 2 aromatic carbocycles. The number of nitrogens with one attached hydrogen (secondary N) is 1. The summed E-state index contributed by atoms with van der Waals surface area (Å²) >= 11 is 0. The Bertz CT molecular complexity index is 859. The summed E-state index contributed by atoms with van der Waals surface area (Å²) in [5.41, 5.74) is 9.30. The van der Waals surface area contributed by atoms with Crippen LogP contribution in [0.15, 0.2) is 30.3 Å². The summed E-state index contributed by atoms with van der Waals surface area (Å²) in [4.78, 5) is 27.9. The Hall–Kier alpha value is -2.86. The highest BCUT2D eigenvalue weighted by Crippen LogP contribution is 2.40. The monoisotopic (exact) mass is 339 g/mol. The summed E-state index contributed by atoms with van der Waals surface area (Å²) in [6, 6.07) is 8.65. The zero-order valence-electron chi connectivity index (χ0n) is 14.6. The minimum Gasteiger partial charge on any atom is -0.396 e. The summed E-state index contributed by atoms with van der Waals surface area (Å²) in [5, 5.41) is 3.20. The van der Waals surface area contributed by atoms with Gasteiger partial charge in [0.05, 0.1) is 29.1 Å². The van der Waals surface area contributed by atoms with E-state index in [2.05, 4.69) is 5.32 Å². The lowest BCUT2D eigenvalue weighted by atomic mass is 9.82. The molecule has 0 saturated carbocycles. The summed E-state index contributed by atoms with van der Waals surface area (Å²) in [6.07, 6.45) is 0. The van der Waals surface area contributed by atoms with E-state index >= 15 is 0 Å². The third-order valence-electron chi connectivity index (χ3n) is 4.32. The number of rotatable bonds is 5. The van der Waals surface area contributed by atoms with E-state index in [9.17, 15) is 9.59 Å². The quantitative estimate of drug-likeness (QED) is 0.547. The van der Waals surface area contributed by atoms with Gasteiger partial charge < -0.3 is 20.7 Å². The first-order valence-electron chi connectivity index (χ1n) is 8.02. The molecular formula is C19H21N3O3. The molecule has 0 unspecified atom stereocenters. The number of carbonyl (C=O) groups excluding carboxylic acids is 2. The molecule has 0 spiro atoms. The summed E-state index contributed by atoms with van der Waals surface area (Å²) in [7, 11) is 5.30. The lowest BCUT2D eigenvalue weighted by Gasteiger charge is -2.26. The lowest BCUT2D eigenvalue weighted by Crippen LogP contribution is -2.26. The highest BCUT2D eigenvalue weighted by Gasteiger charge is 2.34. The predicted molar refractivity (Wildman–Crippen MR) is 98.9 cm³/mol. The second-order valence-corrected chi connectivity index (χ2v) is 6.12. The van der Waals surface area contributed by atoms with Gasteiger partial charge in [0.25, 0.3) is 0 Å². The van der Waals surface area contributed by atoms with Crippen molar-refractivity contribution in [3.63, 3.8) is 0 Å². The van der Waals surface area contributed by atoms with Crippen molar-refractivity contribution in [1.82, 2.24) is 0 Å². The number of ether oxygens (including phenoxy) is 1. The highest BCUT2D eigenvalue weighted by atomic mass is 16.5. The second-order valence-electron chi connectivity index (χ2n) is 6.12. The maximum absolute atomic E-state index is 13.0. The summed E-state index contributed by atoms with van der Waals surface area (Å²) in [5.74, 6) is -0.414. The van der Waals surface area contributed by atoms with Gasteiger partial charge in [0.15, 0.2) is 11.6 Å². The second kappa shape index (κ2) is 6.57. The van der Waals surface area contributed by atoms with Gasteiger partial charge in [0.1, 0.15) is 0 Å². The zero-order valence-corrected chi connectivity index (χ0v) is 14.6. The number of nitrogens with two attached hydrogens (primary N) is 1.